The standard InChI is InChI=1S/C11H16N2O2/c1-8-5-6-9(7-12-8)13-10(14)11(2,3)15-4/h5-7H,1-4H3,(H,13,14). The molecule has 0 saturated heterocycles. The number of anilines is 1. The Morgan fingerprint density at radius 1 is 1.47 bits per heavy atom. The second-order valence-corrected chi connectivity index (χ2v) is 3.86. The average Bonchev–Trinajstić information content (AvgIpc) is 2.21. The molecule has 0 fully saturated rings. The number of amides is 1. The molecule has 15 heavy (non-hydrogen) atoms. The minimum absolute atomic E-state index is 0.185. The summed E-state index contributed by atoms with van der Waals surface area (Å²) in [5, 5.41) is 2.73. The Labute approximate surface area is 89.7 Å². The van der Waals surface area contributed by atoms with Crippen molar-refractivity contribution in [1.82, 2.24) is 4.98 Å². The Hall–Kier alpha value is -1.42. The molecule has 0 radical (unpaired) electrons. The minimum atomic E-state index is -0.828. The van der Waals surface area contributed by atoms with Crippen molar-refractivity contribution >= 4 is 11.6 Å². The van der Waals surface area contributed by atoms with Gasteiger partial charge in [0.2, 0.25) is 0 Å². The van der Waals surface area contributed by atoms with E-state index in [-0.39, 0.29) is 5.91 Å². The largest absolute Gasteiger partial charge is 0.369 e. The van der Waals surface area contributed by atoms with E-state index in [4.69, 9.17) is 4.74 Å². The molecule has 1 rings (SSSR count). The third-order valence-corrected chi connectivity index (χ3v) is 2.23. The van der Waals surface area contributed by atoms with Crippen LogP contribution in [0.1, 0.15) is 19.5 Å². The van der Waals surface area contributed by atoms with E-state index in [0.29, 0.717) is 5.69 Å². The van der Waals surface area contributed by atoms with Crippen molar-refractivity contribution in [3.8, 4) is 0 Å². The number of rotatable bonds is 3. The number of aryl methyl sites for hydroxylation is 1. The van der Waals surface area contributed by atoms with Gasteiger partial charge in [-0.05, 0) is 32.9 Å². The summed E-state index contributed by atoms with van der Waals surface area (Å²) in [5.41, 5.74) is 0.764. The molecule has 4 nitrogen and oxygen atoms in total. The van der Waals surface area contributed by atoms with Crippen LogP contribution in [0.4, 0.5) is 5.69 Å². The maximum absolute atomic E-state index is 11.7. The first-order valence-electron chi connectivity index (χ1n) is 4.75. The number of pyridine rings is 1. The monoisotopic (exact) mass is 208 g/mol. The first-order chi connectivity index (χ1) is 6.95. The number of hydrogen-bond donors (Lipinski definition) is 1. The molecular formula is C11H16N2O2. The summed E-state index contributed by atoms with van der Waals surface area (Å²) in [6, 6.07) is 3.65. The molecule has 0 saturated carbocycles. The van der Waals surface area contributed by atoms with Crippen LogP contribution >= 0.6 is 0 Å². The molecule has 0 aliphatic rings. The molecule has 0 aromatic carbocycles. The summed E-state index contributed by atoms with van der Waals surface area (Å²) in [6.45, 7) is 5.32. The Bertz CT molecular complexity index is 344. The van der Waals surface area contributed by atoms with Gasteiger partial charge in [0.15, 0.2) is 0 Å². The zero-order valence-corrected chi connectivity index (χ0v) is 9.50. The molecule has 82 valence electrons. The molecule has 0 bridgehead atoms. The summed E-state index contributed by atoms with van der Waals surface area (Å²) in [7, 11) is 1.51. The summed E-state index contributed by atoms with van der Waals surface area (Å²) in [5.74, 6) is -0.185. The van der Waals surface area contributed by atoms with Crippen LogP contribution in [-0.4, -0.2) is 23.6 Å². The number of nitrogens with zero attached hydrogens (tertiary/aromatic N) is 1. The van der Waals surface area contributed by atoms with Crippen LogP contribution in [0.2, 0.25) is 0 Å². The Kier molecular flexibility index (Phi) is 3.42. The van der Waals surface area contributed by atoms with E-state index in [1.165, 1.54) is 7.11 Å². The maximum atomic E-state index is 11.7. The van der Waals surface area contributed by atoms with Crippen LogP contribution < -0.4 is 5.32 Å². The predicted molar refractivity (Wildman–Crippen MR) is 58.7 cm³/mol. The van der Waals surface area contributed by atoms with Gasteiger partial charge in [-0.2, -0.15) is 0 Å². The molecule has 1 aromatic rings. The number of carbonyl (C=O) groups is 1. The fraction of sp³-hybridized carbons (Fsp3) is 0.455. The molecular weight excluding hydrogens is 192 g/mol. The number of methoxy groups -OCH3 is 1. The van der Waals surface area contributed by atoms with Gasteiger partial charge in [0.25, 0.3) is 5.91 Å². The highest BCUT2D eigenvalue weighted by Gasteiger charge is 2.26. The van der Waals surface area contributed by atoms with Gasteiger partial charge in [0, 0.05) is 12.8 Å². The Morgan fingerprint density at radius 3 is 2.60 bits per heavy atom. The van der Waals surface area contributed by atoms with Gasteiger partial charge in [-0.3, -0.25) is 9.78 Å². The molecule has 0 atom stereocenters. The lowest BCUT2D eigenvalue weighted by Crippen LogP contribution is -2.38. The third kappa shape index (κ3) is 3.02. The molecule has 0 spiro atoms. The van der Waals surface area contributed by atoms with Crippen LogP contribution in [0.25, 0.3) is 0 Å². The van der Waals surface area contributed by atoms with E-state index in [9.17, 15) is 4.79 Å². The summed E-state index contributed by atoms with van der Waals surface area (Å²) in [4.78, 5) is 15.8. The highest BCUT2D eigenvalue weighted by atomic mass is 16.5. The number of nitrogens with one attached hydrogen (secondary N) is 1. The number of hydrogen-bond acceptors (Lipinski definition) is 3. The third-order valence-electron chi connectivity index (χ3n) is 2.23. The number of carbonyl (C=O) groups excluding carboxylic acids is 1. The van der Waals surface area contributed by atoms with Gasteiger partial charge < -0.3 is 10.1 Å². The maximum Gasteiger partial charge on any atom is 0.256 e. The highest BCUT2D eigenvalue weighted by molar-refractivity contribution is 5.96. The SMILES string of the molecule is COC(C)(C)C(=O)Nc1ccc(C)nc1. The van der Waals surface area contributed by atoms with Gasteiger partial charge in [-0.1, -0.05) is 0 Å². The van der Waals surface area contributed by atoms with Crippen molar-refractivity contribution in [2.45, 2.75) is 26.4 Å². The molecule has 0 unspecified atom stereocenters. The van der Waals surface area contributed by atoms with Crippen molar-refractivity contribution in [2.24, 2.45) is 0 Å². The smallest absolute Gasteiger partial charge is 0.256 e. The van der Waals surface area contributed by atoms with E-state index in [0.717, 1.165) is 5.69 Å². The van der Waals surface area contributed by atoms with Crippen LogP contribution in [0.5, 0.6) is 0 Å². The lowest BCUT2D eigenvalue weighted by atomic mass is 10.1. The molecule has 1 aromatic heterocycles. The molecule has 0 aliphatic heterocycles. The van der Waals surface area contributed by atoms with Crippen LogP contribution in [-0.2, 0) is 9.53 Å². The zero-order chi connectivity index (χ0) is 11.5. The van der Waals surface area contributed by atoms with Crippen LogP contribution in [0.3, 0.4) is 0 Å². The van der Waals surface area contributed by atoms with Crippen LogP contribution in [0.15, 0.2) is 18.3 Å². The minimum Gasteiger partial charge on any atom is -0.369 e. The highest BCUT2D eigenvalue weighted by Crippen LogP contribution is 2.12. The number of ether oxygens (including phenoxy) is 1. The second kappa shape index (κ2) is 4.40. The van der Waals surface area contributed by atoms with Gasteiger partial charge in [-0.25, -0.2) is 0 Å². The lowest BCUT2D eigenvalue weighted by Gasteiger charge is -2.21. The average molecular weight is 208 g/mol. The predicted octanol–water partition coefficient (Wildman–Crippen LogP) is 1.75. The fourth-order valence-corrected chi connectivity index (χ4v) is 0.916. The lowest BCUT2D eigenvalue weighted by molar-refractivity contribution is -0.133. The van der Waals surface area contributed by atoms with Gasteiger partial charge >= 0.3 is 0 Å². The Balaban J connectivity index is 2.71. The van der Waals surface area contributed by atoms with Gasteiger partial charge in [-0.15, -0.1) is 0 Å². The van der Waals surface area contributed by atoms with E-state index < -0.39 is 5.60 Å². The zero-order valence-electron chi connectivity index (χ0n) is 9.50. The topological polar surface area (TPSA) is 51.2 Å². The van der Waals surface area contributed by atoms with Gasteiger partial charge in [0.1, 0.15) is 5.60 Å². The van der Waals surface area contributed by atoms with Crippen molar-refractivity contribution in [3.05, 3.63) is 24.0 Å². The molecule has 1 heterocycles. The first-order valence-corrected chi connectivity index (χ1v) is 4.75. The molecule has 4 heteroatoms. The van der Waals surface area contributed by atoms with Crippen molar-refractivity contribution < 1.29 is 9.53 Å². The number of aromatic nitrogens is 1. The van der Waals surface area contributed by atoms with Crippen LogP contribution in [0, 0.1) is 6.92 Å². The fourth-order valence-electron chi connectivity index (χ4n) is 0.916. The van der Waals surface area contributed by atoms with Crippen molar-refractivity contribution in [3.63, 3.8) is 0 Å². The molecule has 0 aliphatic carbocycles. The molecule has 1 N–H and O–H groups in total. The van der Waals surface area contributed by atoms with E-state index in [1.807, 2.05) is 19.1 Å². The van der Waals surface area contributed by atoms with E-state index >= 15 is 0 Å². The normalized spacial score (nSPS) is 11.2. The van der Waals surface area contributed by atoms with Crippen molar-refractivity contribution in [2.75, 3.05) is 12.4 Å². The van der Waals surface area contributed by atoms with Crippen molar-refractivity contribution in [1.29, 1.82) is 0 Å². The van der Waals surface area contributed by atoms with Gasteiger partial charge in [0.05, 0.1) is 11.9 Å². The summed E-state index contributed by atoms with van der Waals surface area (Å²) < 4.78 is 5.06. The molecule has 1 amide bonds. The summed E-state index contributed by atoms with van der Waals surface area (Å²) >= 11 is 0. The van der Waals surface area contributed by atoms with E-state index in [2.05, 4.69) is 10.3 Å². The first kappa shape index (κ1) is 11.7. The quantitative estimate of drug-likeness (QED) is 0.823. The Morgan fingerprint density at radius 2 is 2.13 bits per heavy atom. The second-order valence-electron chi connectivity index (χ2n) is 3.86. The summed E-state index contributed by atoms with van der Waals surface area (Å²) in [6.07, 6.45) is 1.62. The van der Waals surface area contributed by atoms with E-state index in [1.54, 1.807) is 20.0 Å².